The highest BCUT2D eigenvalue weighted by Crippen LogP contribution is 2.29. The van der Waals surface area contributed by atoms with Crippen LogP contribution in [0.25, 0.3) is 0 Å². The minimum absolute atomic E-state index is 0.239. The van der Waals surface area contributed by atoms with Crippen LogP contribution in [0.4, 0.5) is 5.69 Å². The van der Waals surface area contributed by atoms with E-state index < -0.39 is 0 Å². The number of carbonyl (C=O) groups excluding carboxylic acids is 1. The molecule has 0 bridgehead atoms. The molecule has 0 unspecified atom stereocenters. The zero-order chi connectivity index (χ0) is 17.1. The lowest BCUT2D eigenvalue weighted by atomic mass is 10.2. The van der Waals surface area contributed by atoms with Crippen molar-refractivity contribution in [2.75, 3.05) is 5.32 Å². The predicted molar refractivity (Wildman–Crippen MR) is 92.2 cm³/mol. The molecule has 2 aromatic heterocycles. The van der Waals surface area contributed by atoms with Crippen LogP contribution in [0.3, 0.4) is 0 Å². The molecule has 0 aliphatic carbocycles. The number of nitrogens with zero attached hydrogens (tertiary/aromatic N) is 1. The van der Waals surface area contributed by atoms with Gasteiger partial charge in [-0.05, 0) is 43.3 Å². The second-order valence-electron chi connectivity index (χ2n) is 4.91. The Morgan fingerprint density at radius 3 is 2.58 bits per heavy atom. The van der Waals surface area contributed by atoms with Gasteiger partial charge in [0.15, 0.2) is 0 Å². The summed E-state index contributed by atoms with van der Waals surface area (Å²) >= 11 is 11.8. The van der Waals surface area contributed by atoms with E-state index in [1.807, 2.05) is 0 Å². The van der Waals surface area contributed by atoms with E-state index in [0.717, 1.165) is 0 Å². The lowest BCUT2D eigenvalue weighted by Gasteiger charge is -2.08. The quantitative estimate of drug-likeness (QED) is 0.680. The standard InChI is InChI=1S/C17H12Cl2N2O3/c1-10-14(6-7-23-10)16(22)21-12-2-4-13(5-3-12)24-17-15(19)8-11(18)9-20-17/h2-9H,1H3,(H,21,22). The largest absolute Gasteiger partial charge is 0.469 e. The van der Waals surface area contributed by atoms with Gasteiger partial charge in [0, 0.05) is 11.9 Å². The molecule has 0 atom stereocenters. The number of amides is 1. The first-order valence-corrected chi connectivity index (χ1v) is 7.73. The Labute approximate surface area is 148 Å². The maximum absolute atomic E-state index is 12.1. The highest BCUT2D eigenvalue weighted by Gasteiger charge is 2.12. The SMILES string of the molecule is Cc1occc1C(=O)Nc1ccc(Oc2ncc(Cl)cc2Cl)cc1. The Balaban J connectivity index is 1.69. The monoisotopic (exact) mass is 362 g/mol. The van der Waals surface area contributed by atoms with Crippen LogP contribution in [0.15, 0.2) is 53.3 Å². The average Bonchev–Trinajstić information content (AvgIpc) is 2.98. The second-order valence-corrected chi connectivity index (χ2v) is 5.76. The Hall–Kier alpha value is -2.50. The van der Waals surface area contributed by atoms with Gasteiger partial charge in [0.05, 0.1) is 16.8 Å². The molecular formula is C17H12Cl2N2O3. The van der Waals surface area contributed by atoms with E-state index in [4.69, 9.17) is 32.4 Å². The number of carbonyl (C=O) groups is 1. The van der Waals surface area contributed by atoms with E-state index in [1.165, 1.54) is 12.5 Å². The van der Waals surface area contributed by atoms with Crippen LogP contribution in [0.5, 0.6) is 11.6 Å². The van der Waals surface area contributed by atoms with E-state index in [1.54, 1.807) is 43.3 Å². The molecule has 0 radical (unpaired) electrons. The van der Waals surface area contributed by atoms with Crippen LogP contribution < -0.4 is 10.1 Å². The summed E-state index contributed by atoms with van der Waals surface area (Å²) in [6, 6.07) is 10.00. The molecule has 0 aliphatic rings. The fraction of sp³-hybridized carbons (Fsp3) is 0.0588. The van der Waals surface area contributed by atoms with Gasteiger partial charge in [-0.25, -0.2) is 4.98 Å². The summed E-state index contributed by atoms with van der Waals surface area (Å²) in [5.74, 6) is 1.12. The molecule has 0 saturated carbocycles. The normalized spacial score (nSPS) is 10.5. The molecule has 0 spiro atoms. The maximum Gasteiger partial charge on any atom is 0.259 e. The summed E-state index contributed by atoms with van der Waals surface area (Å²) in [6.45, 7) is 1.73. The fourth-order valence-corrected chi connectivity index (χ4v) is 2.43. The average molecular weight is 363 g/mol. The van der Waals surface area contributed by atoms with Crippen molar-refractivity contribution >= 4 is 34.8 Å². The molecular weight excluding hydrogens is 351 g/mol. The molecule has 3 rings (SSSR count). The van der Waals surface area contributed by atoms with Crippen molar-refractivity contribution in [3.63, 3.8) is 0 Å². The number of pyridine rings is 1. The number of hydrogen-bond donors (Lipinski definition) is 1. The number of rotatable bonds is 4. The molecule has 122 valence electrons. The summed E-state index contributed by atoms with van der Waals surface area (Å²) < 4.78 is 10.7. The number of halogens is 2. The summed E-state index contributed by atoms with van der Waals surface area (Å²) in [5, 5.41) is 3.53. The number of ether oxygens (including phenoxy) is 1. The number of furan rings is 1. The van der Waals surface area contributed by atoms with Gasteiger partial charge in [-0.15, -0.1) is 0 Å². The van der Waals surface area contributed by atoms with Crippen molar-refractivity contribution in [2.45, 2.75) is 6.92 Å². The first kappa shape index (κ1) is 16.4. The summed E-state index contributed by atoms with van der Waals surface area (Å²) in [6.07, 6.45) is 2.93. The third-order valence-electron chi connectivity index (χ3n) is 3.20. The van der Waals surface area contributed by atoms with Crippen LogP contribution in [0.2, 0.25) is 10.0 Å². The van der Waals surface area contributed by atoms with Crippen LogP contribution in [-0.2, 0) is 0 Å². The smallest absolute Gasteiger partial charge is 0.259 e. The Morgan fingerprint density at radius 1 is 1.21 bits per heavy atom. The molecule has 3 aromatic rings. The maximum atomic E-state index is 12.1. The summed E-state index contributed by atoms with van der Waals surface area (Å²) in [4.78, 5) is 16.1. The van der Waals surface area contributed by atoms with Gasteiger partial charge in [0.2, 0.25) is 5.88 Å². The summed E-state index contributed by atoms with van der Waals surface area (Å²) in [7, 11) is 0. The van der Waals surface area contributed by atoms with Gasteiger partial charge in [-0.1, -0.05) is 23.2 Å². The first-order chi connectivity index (χ1) is 11.5. The predicted octanol–water partition coefficient (Wildman–Crippen LogP) is 5.33. The molecule has 24 heavy (non-hydrogen) atoms. The van der Waals surface area contributed by atoms with Gasteiger partial charge in [-0.3, -0.25) is 4.79 Å². The molecule has 2 heterocycles. The zero-order valence-electron chi connectivity index (χ0n) is 12.5. The van der Waals surface area contributed by atoms with E-state index in [9.17, 15) is 4.79 Å². The number of hydrogen-bond acceptors (Lipinski definition) is 4. The van der Waals surface area contributed by atoms with Crippen molar-refractivity contribution < 1.29 is 13.9 Å². The van der Waals surface area contributed by atoms with E-state index in [0.29, 0.717) is 32.8 Å². The Morgan fingerprint density at radius 2 is 1.96 bits per heavy atom. The first-order valence-electron chi connectivity index (χ1n) is 6.97. The highest BCUT2D eigenvalue weighted by molar-refractivity contribution is 6.35. The van der Waals surface area contributed by atoms with Crippen LogP contribution >= 0.6 is 23.2 Å². The molecule has 5 nitrogen and oxygen atoms in total. The van der Waals surface area contributed by atoms with Crippen molar-refractivity contribution in [3.05, 3.63) is 70.2 Å². The minimum Gasteiger partial charge on any atom is -0.469 e. The molecule has 1 amide bonds. The molecule has 0 fully saturated rings. The molecule has 0 aliphatic heterocycles. The van der Waals surface area contributed by atoms with Crippen LogP contribution in [0.1, 0.15) is 16.1 Å². The third kappa shape index (κ3) is 3.69. The van der Waals surface area contributed by atoms with E-state index in [-0.39, 0.29) is 11.8 Å². The lowest BCUT2D eigenvalue weighted by molar-refractivity contribution is 0.102. The topological polar surface area (TPSA) is 64.4 Å². The zero-order valence-corrected chi connectivity index (χ0v) is 14.1. The van der Waals surface area contributed by atoms with Crippen LogP contribution in [-0.4, -0.2) is 10.9 Å². The number of anilines is 1. The van der Waals surface area contributed by atoms with Gasteiger partial charge < -0.3 is 14.5 Å². The Bertz CT molecular complexity index is 876. The summed E-state index contributed by atoms with van der Waals surface area (Å²) in [5.41, 5.74) is 1.12. The highest BCUT2D eigenvalue weighted by atomic mass is 35.5. The minimum atomic E-state index is -0.239. The van der Waals surface area contributed by atoms with E-state index in [2.05, 4.69) is 10.3 Å². The van der Waals surface area contributed by atoms with Crippen molar-refractivity contribution in [1.82, 2.24) is 4.98 Å². The molecule has 7 heteroatoms. The molecule has 1 aromatic carbocycles. The fourth-order valence-electron chi connectivity index (χ4n) is 2.01. The number of aromatic nitrogens is 1. The Kier molecular flexibility index (Phi) is 4.74. The number of benzene rings is 1. The number of aryl methyl sites for hydroxylation is 1. The van der Waals surface area contributed by atoms with Gasteiger partial charge in [0.25, 0.3) is 5.91 Å². The van der Waals surface area contributed by atoms with Crippen molar-refractivity contribution in [1.29, 1.82) is 0 Å². The van der Waals surface area contributed by atoms with Gasteiger partial charge >= 0.3 is 0 Å². The molecule has 1 N–H and O–H groups in total. The van der Waals surface area contributed by atoms with Gasteiger partial charge in [0.1, 0.15) is 16.5 Å². The van der Waals surface area contributed by atoms with E-state index >= 15 is 0 Å². The lowest BCUT2D eigenvalue weighted by Crippen LogP contribution is -2.11. The van der Waals surface area contributed by atoms with Crippen molar-refractivity contribution in [2.24, 2.45) is 0 Å². The number of nitrogens with one attached hydrogen (secondary N) is 1. The third-order valence-corrected chi connectivity index (χ3v) is 3.68. The second kappa shape index (κ2) is 6.95. The van der Waals surface area contributed by atoms with Crippen molar-refractivity contribution in [3.8, 4) is 11.6 Å². The van der Waals surface area contributed by atoms with Crippen LogP contribution in [0, 0.1) is 6.92 Å². The van der Waals surface area contributed by atoms with Gasteiger partial charge in [-0.2, -0.15) is 0 Å². The molecule has 0 saturated heterocycles.